The fourth-order valence-electron chi connectivity index (χ4n) is 2.62. The fourth-order valence-corrected chi connectivity index (χ4v) is 2.62. The Kier molecular flexibility index (Phi) is 3.41. The molecule has 5 heteroatoms. The van der Waals surface area contributed by atoms with E-state index in [1.807, 2.05) is 6.07 Å². The number of primary amides is 1. The van der Waals surface area contributed by atoms with Crippen LogP contribution in [0, 0.1) is 5.41 Å². The topological polar surface area (TPSA) is 90.4 Å². The number of methoxy groups -OCH3 is 1. The smallest absolute Gasteiger partial charge is 0.250 e. The molecule has 1 saturated carbocycles. The maximum Gasteiger partial charge on any atom is 0.250 e. The van der Waals surface area contributed by atoms with Crippen LogP contribution in [0.25, 0.3) is 0 Å². The molecule has 2 atom stereocenters. The van der Waals surface area contributed by atoms with E-state index in [0.717, 1.165) is 12.1 Å². The summed E-state index contributed by atoms with van der Waals surface area (Å²) in [6.07, 6.45) is 1.16. The average Bonchev–Trinajstić information content (AvgIpc) is 2.35. The normalized spacial score (nSPS) is 24.6. The molecule has 0 spiro atoms. The first-order valence-corrected chi connectivity index (χ1v) is 6.35. The summed E-state index contributed by atoms with van der Waals surface area (Å²) >= 11 is 0. The van der Waals surface area contributed by atoms with Crippen molar-refractivity contribution in [1.29, 1.82) is 0 Å². The lowest BCUT2D eigenvalue weighted by molar-refractivity contribution is -0.0794. The molecule has 1 aliphatic rings. The van der Waals surface area contributed by atoms with Crippen LogP contribution in [0.1, 0.15) is 30.6 Å². The van der Waals surface area contributed by atoms with Crippen molar-refractivity contribution in [1.82, 2.24) is 0 Å². The summed E-state index contributed by atoms with van der Waals surface area (Å²) in [5.74, 6) is -0.510. The van der Waals surface area contributed by atoms with Gasteiger partial charge in [-0.25, -0.2) is 0 Å². The maximum atomic E-state index is 11.3. The first-order valence-electron chi connectivity index (χ1n) is 6.35. The number of hydrogen-bond acceptors (Lipinski definition) is 4. The Morgan fingerprint density at radius 3 is 2.68 bits per heavy atom. The van der Waals surface area contributed by atoms with E-state index in [0.29, 0.717) is 11.3 Å². The SMILES string of the molecule is COC1CC(Nc2cccc(C(N)=O)c2N)C1(C)C. The summed E-state index contributed by atoms with van der Waals surface area (Å²) in [5.41, 5.74) is 12.8. The zero-order chi connectivity index (χ0) is 14.2. The predicted octanol–water partition coefficient (Wildman–Crippen LogP) is 1.59. The second-order valence-corrected chi connectivity index (χ2v) is 5.61. The molecular formula is C14H21N3O2. The van der Waals surface area contributed by atoms with Crippen LogP contribution in [-0.2, 0) is 4.74 Å². The molecule has 0 heterocycles. The van der Waals surface area contributed by atoms with E-state index < -0.39 is 5.91 Å². The van der Waals surface area contributed by atoms with Gasteiger partial charge in [-0.1, -0.05) is 19.9 Å². The zero-order valence-corrected chi connectivity index (χ0v) is 11.6. The zero-order valence-electron chi connectivity index (χ0n) is 11.6. The molecule has 19 heavy (non-hydrogen) atoms. The number of rotatable bonds is 4. The molecule has 2 unspecified atom stereocenters. The van der Waals surface area contributed by atoms with E-state index in [4.69, 9.17) is 16.2 Å². The largest absolute Gasteiger partial charge is 0.396 e. The first-order chi connectivity index (χ1) is 8.87. The molecule has 0 aliphatic heterocycles. The lowest BCUT2D eigenvalue weighted by atomic mass is 9.64. The van der Waals surface area contributed by atoms with E-state index in [1.165, 1.54) is 0 Å². The Balaban J connectivity index is 2.18. The van der Waals surface area contributed by atoms with Gasteiger partial charge in [0.1, 0.15) is 0 Å². The number of hydrogen-bond donors (Lipinski definition) is 3. The van der Waals surface area contributed by atoms with Gasteiger partial charge in [-0.05, 0) is 18.6 Å². The lowest BCUT2D eigenvalue weighted by Gasteiger charge is -2.51. The first kappa shape index (κ1) is 13.7. The van der Waals surface area contributed by atoms with Crippen molar-refractivity contribution in [2.45, 2.75) is 32.4 Å². The summed E-state index contributed by atoms with van der Waals surface area (Å²) in [4.78, 5) is 11.3. The number of nitrogens with one attached hydrogen (secondary N) is 1. The number of ether oxygens (including phenoxy) is 1. The van der Waals surface area contributed by atoms with Gasteiger partial charge in [0.2, 0.25) is 0 Å². The number of para-hydroxylation sites is 1. The third kappa shape index (κ3) is 2.26. The van der Waals surface area contributed by atoms with Crippen LogP contribution in [0.2, 0.25) is 0 Å². The van der Waals surface area contributed by atoms with E-state index in [-0.39, 0.29) is 17.6 Å². The van der Waals surface area contributed by atoms with Crippen LogP contribution in [0.3, 0.4) is 0 Å². The second-order valence-electron chi connectivity index (χ2n) is 5.61. The van der Waals surface area contributed by atoms with Crippen LogP contribution in [-0.4, -0.2) is 25.2 Å². The Hall–Kier alpha value is -1.75. The summed E-state index contributed by atoms with van der Waals surface area (Å²) in [7, 11) is 1.73. The van der Waals surface area contributed by atoms with Crippen molar-refractivity contribution in [3.63, 3.8) is 0 Å². The number of nitrogen functional groups attached to an aromatic ring is 1. The van der Waals surface area contributed by atoms with Crippen molar-refractivity contribution in [2.24, 2.45) is 11.1 Å². The number of carbonyl (C=O) groups excluding carboxylic acids is 1. The summed E-state index contributed by atoms with van der Waals surface area (Å²) in [6, 6.07) is 5.53. The molecule has 1 aromatic carbocycles. The van der Waals surface area contributed by atoms with E-state index in [2.05, 4.69) is 19.2 Å². The minimum Gasteiger partial charge on any atom is -0.396 e. The number of amides is 1. The maximum absolute atomic E-state index is 11.3. The highest BCUT2D eigenvalue weighted by molar-refractivity contribution is 6.00. The Morgan fingerprint density at radius 2 is 2.16 bits per heavy atom. The molecular weight excluding hydrogens is 242 g/mol. The van der Waals surface area contributed by atoms with Gasteiger partial charge in [-0.3, -0.25) is 4.79 Å². The van der Waals surface area contributed by atoms with E-state index in [9.17, 15) is 4.79 Å². The molecule has 1 amide bonds. The molecule has 5 nitrogen and oxygen atoms in total. The molecule has 2 rings (SSSR count). The molecule has 1 aliphatic carbocycles. The third-order valence-electron chi connectivity index (χ3n) is 4.16. The third-order valence-corrected chi connectivity index (χ3v) is 4.16. The van der Waals surface area contributed by atoms with E-state index in [1.54, 1.807) is 19.2 Å². The minimum absolute atomic E-state index is 0.0317. The van der Waals surface area contributed by atoms with Gasteiger partial charge in [-0.15, -0.1) is 0 Å². The molecule has 0 aromatic heterocycles. The van der Waals surface area contributed by atoms with Crippen molar-refractivity contribution < 1.29 is 9.53 Å². The molecule has 0 bridgehead atoms. The van der Waals surface area contributed by atoms with Gasteiger partial charge in [0, 0.05) is 18.6 Å². The Morgan fingerprint density at radius 1 is 1.47 bits per heavy atom. The predicted molar refractivity (Wildman–Crippen MR) is 76.0 cm³/mol. The molecule has 1 aromatic rings. The van der Waals surface area contributed by atoms with Crippen LogP contribution >= 0.6 is 0 Å². The van der Waals surface area contributed by atoms with Crippen molar-refractivity contribution in [3.8, 4) is 0 Å². The average molecular weight is 263 g/mol. The highest BCUT2D eigenvalue weighted by Crippen LogP contribution is 2.44. The van der Waals surface area contributed by atoms with Crippen LogP contribution < -0.4 is 16.8 Å². The number of anilines is 2. The molecule has 1 fully saturated rings. The van der Waals surface area contributed by atoms with Crippen LogP contribution in [0.5, 0.6) is 0 Å². The summed E-state index contributed by atoms with van der Waals surface area (Å²) < 4.78 is 5.42. The van der Waals surface area contributed by atoms with Gasteiger partial charge < -0.3 is 21.5 Å². The number of carbonyl (C=O) groups is 1. The van der Waals surface area contributed by atoms with Gasteiger partial charge in [-0.2, -0.15) is 0 Å². The van der Waals surface area contributed by atoms with Gasteiger partial charge in [0.25, 0.3) is 5.91 Å². The lowest BCUT2D eigenvalue weighted by Crippen LogP contribution is -2.57. The molecule has 5 N–H and O–H groups in total. The summed E-state index contributed by atoms with van der Waals surface area (Å²) in [5, 5.41) is 3.38. The molecule has 0 saturated heterocycles. The highest BCUT2D eigenvalue weighted by atomic mass is 16.5. The number of benzene rings is 1. The van der Waals surface area contributed by atoms with Crippen molar-refractivity contribution >= 4 is 17.3 Å². The number of nitrogens with two attached hydrogens (primary N) is 2. The fraction of sp³-hybridized carbons (Fsp3) is 0.500. The Labute approximate surface area is 113 Å². The van der Waals surface area contributed by atoms with Gasteiger partial charge in [0.15, 0.2) is 0 Å². The highest BCUT2D eigenvalue weighted by Gasteiger charge is 2.48. The Bertz CT molecular complexity index is 499. The second kappa shape index (κ2) is 4.74. The molecule has 104 valence electrons. The summed E-state index contributed by atoms with van der Waals surface area (Å²) in [6.45, 7) is 4.30. The monoisotopic (exact) mass is 263 g/mol. The minimum atomic E-state index is -0.510. The van der Waals surface area contributed by atoms with Gasteiger partial charge >= 0.3 is 0 Å². The van der Waals surface area contributed by atoms with Crippen LogP contribution in [0.15, 0.2) is 18.2 Å². The quantitative estimate of drug-likeness (QED) is 0.719. The van der Waals surface area contributed by atoms with Crippen molar-refractivity contribution in [3.05, 3.63) is 23.8 Å². The molecule has 0 radical (unpaired) electrons. The van der Waals surface area contributed by atoms with E-state index >= 15 is 0 Å². The van der Waals surface area contributed by atoms with Crippen LogP contribution in [0.4, 0.5) is 11.4 Å². The standard InChI is InChI=1S/C14H21N3O2/c1-14(2)10(7-11(14)19-3)17-9-6-4-5-8(12(9)15)13(16)18/h4-6,10-11,17H,7,15H2,1-3H3,(H2,16,18). The van der Waals surface area contributed by atoms with Gasteiger partial charge in [0.05, 0.1) is 23.0 Å². The van der Waals surface area contributed by atoms with Crippen molar-refractivity contribution in [2.75, 3.05) is 18.2 Å².